The van der Waals surface area contributed by atoms with Crippen LogP contribution < -0.4 is 0 Å². The van der Waals surface area contributed by atoms with Crippen molar-refractivity contribution >= 4 is 7.69 Å². The van der Waals surface area contributed by atoms with Crippen LogP contribution in [0.25, 0.3) is 0 Å². The summed E-state index contributed by atoms with van der Waals surface area (Å²) < 4.78 is 3.97. The van der Waals surface area contributed by atoms with Gasteiger partial charge in [0.05, 0.1) is 0 Å². The third-order valence-electron chi connectivity index (χ3n) is 0.105. The molecule has 0 fully saturated rings. The molecule has 8 heavy (non-hydrogen) atoms. The molecule has 0 amide bonds. The van der Waals surface area contributed by atoms with E-state index in [4.69, 9.17) is 5.02 Å². The zero-order valence-corrected chi connectivity index (χ0v) is 8.62. The van der Waals surface area contributed by atoms with Crippen LogP contribution in [-0.4, -0.2) is 19.8 Å². The molecule has 0 aliphatic heterocycles. The molecule has 0 heterocycles. The second-order valence-electron chi connectivity index (χ2n) is 0.341. The molecule has 0 spiro atoms. The van der Waals surface area contributed by atoms with E-state index in [1.807, 2.05) is 0 Å². The molecule has 5 heteroatoms. The maximum Gasteiger partial charge on any atom is 0.484 e. The van der Waals surface area contributed by atoms with Crippen molar-refractivity contribution in [3.63, 3.8) is 0 Å². The molecule has 2 nitrogen and oxygen atoms in total. The maximum absolute atomic E-state index is 7.53. The summed E-state index contributed by atoms with van der Waals surface area (Å²) in [6.07, 6.45) is 0. The van der Waals surface area contributed by atoms with Crippen molar-refractivity contribution < 1.29 is 50.5 Å². The van der Waals surface area contributed by atoms with Gasteiger partial charge in [0, 0.05) is 48.0 Å². The molecule has 1 N–H and O–H groups in total. The van der Waals surface area contributed by atoms with Gasteiger partial charge < -0.3 is 9.68 Å². The summed E-state index contributed by atoms with van der Waals surface area (Å²) in [6, 6.07) is 0. The van der Waals surface area contributed by atoms with Crippen LogP contribution in [0.3, 0.4) is 0 Å². The van der Waals surface area contributed by atoms with Gasteiger partial charge in [0.25, 0.3) is 0 Å². The Balaban J connectivity index is -0.00000000750. The average Bonchev–Trinajstić information content (AvgIpc) is 1.37. The molecular weight excluding hydrogens is 451 g/mol. The van der Waals surface area contributed by atoms with Crippen molar-refractivity contribution in [2.45, 2.75) is 14.9 Å². The van der Waals surface area contributed by atoms with Gasteiger partial charge in [-0.1, -0.05) is 14.9 Å². The first kappa shape index (κ1) is 34.6. The summed E-state index contributed by atoms with van der Waals surface area (Å²) in [6.45, 7) is 0. The van der Waals surface area contributed by atoms with E-state index in [0.717, 1.165) is 0 Å². The first-order valence-corrected chi connectivity index (χ1v) is 0.902. The van der Waals surface area contributed by atoms with Gasteiger partial charge in [-0.2, -0.15) is 0 Å². The van der Waals surface area contributed by atoms with Crippen LogP contribution in [0.1, 0.15) is 14.9 Å². The molecule has 0 aromatic carbocycles. The Bertz CT molecular complexity index is 17.2. The quantitative estimate of drug-likeness (QED) is 0.572. The van der Waals surface area contributed by atoms with Gasteiger partial charge in [-0.3, -0.25) is 0 Å². The number of hydrogen-bond acceptors (Lipinski definition) is 2. The molecule has 0 aliphatic carbocycles. The van der Waals surface area contributed by atoms with Crippen LogP contribution in [0.5, 0.6) is 0 Å². The summed E-state index contributed by atoms with van der Waals surface area (Å²) in [5.74, 6) is 0. The van der Waals surface area contributed by atoms with Crippen LogP contribution in [0.2, 0.25) is 0 Å². The Morgan fingerprint density at radius 1 is 1.25 bits per heavy atom. The molecule has 0 unspecified atom stereocenters. The van der Waals surface area contributed by atoms with Crippen LogP contribution in [-0.2, 0) is 45.5 Å². The molecule has 0 aromatic rings. The Labute approximate surface area is 80.0 Å². The van der Waals surface area contributed by atoms with E-state index >= 15 is 0 Å². The number of rotatable bonds is 1. The Hall–Kier alpha value is 1.31. The molecule has 53 valence electrons. The van der Waals surface area contributed by atoms with Gasteiger partial charge in [-0.25, -0.2) is 0 Å². The fraction of sp³-hybridized carbons (Fsp3) is 1.00. The minimum absolute atomic E-state index is 0. The first-order chi connectivity index (χ1) is 1.91. The second-order valence-corrected chi connectivity index (χ2v) is 0.341. The van der Waals surface area contributed by atoms with E-state index < -0.39 is 0 Å². The van der Waals surface area contributed by atoms with Crippen molar-refractivity contribution in [2.75, 3.05) is 7.11 Å². The third kappa shape index (κ3) is 54.6. The van der Waals surface area contributed by atoms with Crippen molar-refractivity contribution in [3.8, 4) is 0 Å². The van der Waals surface area contributed by atoms with Gasteiger partial charge in [-0.05, 0) is 0 Å². The molecule has 0 aromatic heterocycles. The van der Waals surface area contributed by atoms with Crippen LogP contribution in [0.15, 0.2) is 0 Å². The van der Waals surface area contributed by atoms with E-state index in [0.29, 0.717) is 7.69 Å². The molecule has 3 radical (unpaired) electrons. The van der Waals surface area contributed by atoms with E-state index in [2.05, 4.69) is 4.65 Å². The summed E-state index contributed by atoms with van der Waals surface area (Å²) in [5.41, 5.74) is 0. The topological polar surface area (TPSA) is 29.5 Å². The molecule has 0 bridgehead atoms. The number of hydrogen-bond donors (Lipinski definition) is 1. The maximum atomic E-state index is 7.53. The van der Waals surface area contributed by atoms with Crippen LogP contribution >= 0.6 is 0 Å². The molecule has 0 rings (SSSR count). The first-order valence-electron chi connectivity index (χ1n) is 0.902. The summed E-state index contributed by atoms with van der Waals surface area (Å²) in [7, 11) is 2.00. The SMILES string of the molecule is C.C.CO[B]O.[Re].[Re]. The molecule has 0 saturated heterocycles. The minimum Gasteiger partial charge on any atom is -0.429 e. The van der Waals surface area contributed by atoms with Crippen LogP contribution in [0, 0.1) is 0 Å². The fourth-order valence-electron chi connectivity index (χ4n) is 0. The predicted molar refractivity (Wildman–Crippen MR) is 28.4 cm³/mol. The van der Waals surface area contributed by atoms with Gasteiger partial charge in [-0.15, -0.1) is 0 Å². The minimum atomic E-state index is 0. The van der Waals surface area contributed by atoms with E-state index in [1.165, 1.54) is 7.11 Å². The summed E-state index contributed by atoms with van der Waals surface area (Å²) in [5, 5.41) is 7.53. The monoisotopic (exact) mass is 465 g/mol. The molecule has 0 atom stereocenters. The van der Waals surface area contributed by atoms with E-state index in [1.54, 1.807) is 0 Å². The third-order valence-corrected chi connectivity index (χ3v) is 0.105. The zero-order chi connectivity index (χ0) is 3.41. The normalized spacial score (nSPS) is 3.25. The van der Waals surface area contributed by atoms with E-state index in [9.17, 15) is 0 Å². The predicted octanol–water partition coefficient (Wildman–Crippen LogP) is 0.427. The Morgan fingerprint density at radius 3 is 1.38 bits per heavy atom. The van der Waals surface area contributed by atoms with Crippen molar-refractivity contribution in [3.05, 3.63) is 0 Å². The van der Waals surface area contributed by atoms with Gasteiger partial charge in [0.2, 0.25) is 0 Å². The average molecular weight is 463 g/mol. The van der Waals surface area contributed by atoms with Gasteiger partial charge >= 0.3 is 7.69 Å². The summed E-state index contributed by atoms with van der Waals surface area (Å²) in [4.78, 5) is 0. The van der Waals surface area contributed by atoms with Crippen molar-refractivity contribution in [1.82, 2.24) is 0 Å². The smallest absolute Gasteiger partial charge is 0.429 e. The Kier molecular flexibility index (Phi) is 175. The van der Waals surface area contributed by atoms with Crippen LogP contribution in [0.4, 0.5) is 0 Å². The molecule has 0 saturated carbocycles. The molecular formula is C3H12BO2Re2. The Morgan fingerprint density at radius 2 is 1.38 bits per heavy atom. The summed E-state index contributed by atoms with van der Waals surface area (Å²) >= 11 is 0. The molecule has 0 aliphatic rings. The van der Waals surface area contributed by atoms with E-state index in [-0.39, 0.29) is 55.7 Å². The van der Waals surface area contributed by atoms with Gasteiger partial charge in [0.1, 0.15) is 0 Å². The largest absolute Gasteiger partial charge is 0.484 e. The zero-order valence-electron chi connectivity index (χ0n) is 3.19. The fourth-order valence-corrected chi connectivity index (χ4v) is 0. The standard InChI is InChI=1S/CH4BO2.2CH4.2Re/c1-4-2-3;;;;/h3H,1H3;2*1H4;;. The van der Waals surface area contributed by atoms with Crippen molar-refractivity contribution in [2.24, 2.45) is 0 Å². The second kappa shape index (κ2) is 40.5. The van der Waals surface area contributed by atoms with Crippen molar-refractivity contribution in [1.29, 1.82) is 0 Å². The van der Waals surface area contributed by atoms with Gasteiger partial charge in [0.15, 0.2) is 0 Å².